The number of carboxylic acid groups (broad SMARTS) is 1. The van der Waals surface area contributed by atoms with Crippen LogP contribution in [0.15, 0.2) is 24.3 Å². The molecule has 4 atom stereocenters. The molecule has 33 heavy (non-hydrogen) atoms. The van der Waals surface area contributed by atoms with E-state index in [-0.39, 0.29) is 55.0 Å². The van der Waals surface area contributed by atoms with Crippen molar-refractivity contribution in [2.24, 2.45) is 23.2 Å². The number of carbonyl (C=O) groups excluding carboxylic acids is 2. The molecule has 2 fully saturated rings. The van der Waals surface area contributed by atoms with Crippen LogP contribution in [0.4, 0.5) is 13.2 Å². The van der Waals surface area contributed by atoms with Crippen LogP contribution in [0.25, 0.3) is 0 Å². The van der Waals surface area contributed by atoms with E-state index in [1.54, 1.807) is 18.7 Å². The van der Waals surface area contributed by atoms with E-state index in [1.165, 1.54) is 12.1 Å². The largest absolute Gasteiger partial charge is 0.481 e. The topological polar surface area (TPSA) is 86.7 Å². The van der Waals surface area contributed by atoms with Crippen LogP contribution in [0, 0.1) is 23.2 Å². The molecule has 0 radical (unpaired) electrons. The first-order valence-corrected chi connectivity index (χ1v) is 11.2. The van der Waals surface area contributed by atoms with Crippen molar-refractivity contribution in [2.75, 3.05) is 6.54 Å². The molecule has 2 amide bonds. The first-order chi connectivity index (χ1) is 15.3. The molecule has 6 nitrogen and oxygen atoms in total. The second kappa shape index (κ2) is 9.35. The van der Waals surface area contributed by atoms with E-state index in [9.17, 15) is 27.6 Å². The van der Waals surface area contributed by atoms with Crippen LogP contribution >= 0.6 is 0 Å². The lowest BCUT2D eigenvalue weighted by Gasteiger charge is -2.25. The number of hydrogen-bond donors (Lipinski definition) is 2. The van der Waals surface area contributed by atoms with Crippen molar-refractivity contribution in [1.29, 1.82) is 0 Å². The zero-order valence-corrected chi connectivity index (χ0v) is 19.1. The lowest BCUT2D eigenvalue weighted by atomic mass is 9.85. The van der Waals surface area contributed by atoms with E-state index in [0.717, 1.165) is 18.6 Å². The van der Waals surface area contributed by atoms with Crippen LogP contribution < -0.4 is 5.32 Å². The average Bonchev–Trinajstić information content (AvgIpc) is 3.12. The van der Waals surface area contributed by atoms with Crippen molar-refractivity contribution < 1.29 is 32.7 Å². The van der Waals surface area contributed by atoms with Gasteiger partial charge in [0.15, 0.2) is 0 Å². The Kier molecular flexibility index (Phi) is 7.10. The molecule has 0 unspecified atom stereocenters. The number of likely N-dealkylation sites (tertiary alicyclic amines) is 1. The predicted molar refractivity (Wildman–Crippen MR) is 115 cm³/mol. The molecule has 1 aliphatic heterocycles. The molecule has 1 saturated carbocycles. The summed E-state index contributed by atoms with van der Waals surface area (Å²) in [4.78, 5) is 37.8. The molecule has 0 aromatic heterocycles. The molecular weight excluding hydrogens is 437 g/mol. The summed E-state index contributed by atoms with van der Waals surface area (Å²) in [5.74, 6) is -0.705. The van der Waals surface area contributed by atoms with E-state index >= 15 is 0 Å². The highest BCUT2D eigenvalue weighted by molar-refractivity contribution is 5.80. The Morgan fingerprint density at radius 3 is 2.36 bits per heavy atom. The van der Waals surface area contributed by atoms with Crippen molar-refractivity contribution in [2.45, 2.75) is 65.2 Å². The number of benzene rings is 1. The van der Waals surface area contributed by atoms with Crippen molar-refractivity contribution in [1.82, 2.24) is 10.2 Å². The fourth-order valence-electron chi connectivity index (χ4n) is 5.34. The Morgan fingerprint density at radius 2 is 1.79 bits per heavy atom. The number of nitrogens with one attached hydrogen (secondary N) is 1. The molecule has 0 bridgehead atoms. The molecule has 0 spiro atoms. The number of nitrogens with zero attached hydrogens (tertiary/aromatic N) is 1. The van der Waals surface area contributed by atoms with Crippen molar-refractivity contribution >= 4 is 17.8 Å². The molecule has 2 N–H and O–H groups in total. The van der Waals surface area contributed by atoms with Gasteiger partial charge in [-0.15, -0.1) is 0 Å². The summed E-state index contributed by atoms with van der Waals surface area (Å²) < 4.78 is 38.4. The third-order valence-electron chi connectivity index (χ3n) is 6.96. The van der Waals surface area contributed by atoms with Gasteiger partial charge in [0.05, 0.1) is 12.0 Å². The maximum absolute atomic E-state index is 12.8. The van der Waals surface area contributed by atoms with Gasteiger partial charge in [-0.05, 0) is 47.3 Å². The number of hydrogen-bond acceptors (Lipinski definition) is 3. The van der Waals surface area contributed by atoms with Crippen molar-refractivity contribution in [3.63, 3.8) is 0 Å². The molecule has 182 valence electrons. The molecule has 3 rings (SSSR count). The van der Waals surface area contributed by atoms with Crippen molar-refractivity contribution in [3.05, 3.63) is 35.4 Å². The molecule has 1 aliphatic carbocycles. The van der Waals surface area contributed by atoms with Gasteiger partial charge in [0, 0.05) is 32.0 Å². The van der Waals surface area contributed by atoms with Crippen LogP contribution in [0.5, 0.6) is 0 Å². The molecule has 1 saturated heterocycles. The Labute approximate surface area is 191 Å². The van der Waals surface area contributed by atoms with Crippen LogP contribution in [-0.4, -0.2) is 40.4 Å². The summed E-state index contributed by atoms with van der Waals surface area (Å²) in [6.07, 6.45) is -3.25. The molecule has 9 heteroatoms. The standard InChI is InChI=1S/C24H31F3N2O4/c1-14-8-19-17(18(14)12-28-20(30)10-23(2,3)11-22(32)33)9-21(31)29(19)13-15-4-6-16(7-5-15)24(25,26)27/h4-7,14,17-19H,8-13H2,1-3H3,(H,28,30)(H,32,33)/t14-,17-,18+,19+/m0/s1. The average molecular weight is 469 g/mol. The number of alkyl halides is 3. The summed E-state index contributed by atoms with van der Waals surface area (Å²) in [6, 6.07) is 4.90. The summed E-state index contributed by atoms with van der Waals surface area (Å²) in [7, 11) is 0. The summed E-state index contributed by atoms with van der Waals surface area (Å²) in [5.41, 5.74) is -0.711. The SMILES string of the molecule is C[C@H]1C[C@@H]2[C@@H](CC(=O)N2Cc2ccc(C(F)(F)F)cc2)[C@@H]1CNC(=O)CC(C)(C)CC(=O)O. The van der Waals surface area contributed by atoms with E-state index in [4.69, 9.17) is 5.11 Å². The smallest absolute Gasteiger partial charge is 0.416 e. The second-order valence-corrected chi connectivity index (χ2v) is 10.2. The van der Waals surface area contributed by atoms with E-state index < -0.39 is 23.1 Å². The highest BCUT2D eigenvalue weighted by Crippen LogP contribution is 2.46. The number of amides is 2. The molecule has 1 aromatic carbocycles. The van der Waals surface area contributed by atoms with Crippen LogP contribution in [0.1, 0.15) is 57.6 Å². The lowest BCUT2D eigenvalue weighted by Crippen LogP contribution is -2.36. The van der Waals surface area contributed by atoms with Gasteiger partial charge < -0.3 is 15.3 Å². The number of carboxylic acids is 1. The van der Waals surface area contributed by atoms with Crippen LogP contribution in [0.2, 0.25) is 0 Å². The molecule has 1 aromatic rings. The van der Waals surface area contributed by atoms with Gasteiger partial charge in [-0.3, -0.25) is 14.4 Å². The Hall–Kier alpha value is -2.58. The number of aliphatic carboxylic acids is 1. The quantitative estimate of drug-likeness (QED) is 0.602. The first kappa shape index (κ1) is 25.1. The van der Waals surface area contributed by atoms with Gasteiger partial charge in [0.1, 0.15) is 0 Å². The fourth-order valence-corrected chi connectivity index (χ4v) is 5.34. The predicted octanol–water partition coefficient (Wildman–Crippen LogP) is 4.09. The van der Waals surface area contributed by atoms with E-state index in [0.29, 0.717) is 18.5 Å². The number of carbonyl (C=O) groups is 3. The number of halogens is 3. The molecule has 2 aliphatic rings. The van der Waals surface area contributed by atoms with Gasteiger partial charge in [0.25, 0.3) is 0 Å². The second-order valence-electron chi connectivity index (χ2n) is 10.2. The highest BCUT2D eigenvalue weighted by atomic mass is 19.4. The molecule has 1 heterocycles. The highest BCUT2D eigenvalue weighted by Gasteiger charge is 2.50. The van der Waals surface area contributed by atoms with E-state index in [1.807, 2.05) is 0 Å². The van der Waals surface area contributed by atoms with Gasteiger partial charge in [-0.2, -0.15) is 13.2 Å². The van der Waals surface area contributed by atoms with Gasteiger partial charge >= 0.3 is 12.1 Å². The van der Waals surface area contributed by atoms with Crippen LogP contribution in [-0.2, 0) is 27.1 Å². The Balaban J connectivity index is 1.59. The third-order valence-corrected chi connectivity index (χ3v) is 6.96. The third kappa shape index (κ3) is 6.06. The molecular formula is C24H31F3N2O4. The summed E-state index contributed by atoms with van der Waals surface area (Å²) in [5, 5.41) is 11.9. The lowest BCUT2D eigenvalue weighted by molar-refractivity contribution is -0.140. The minimum atomic E-state index is -4.39. The zero-order chi connectivity index (χ0) is 24.6. The van der Waals surface area contributed by atoms with Gasteiger partial charge in [-0.1, -0.05) is 32.9 Å². The van der Waals surface area contributed by atoms with Crippen molar-refractivity contribution in [3.8, 4) is 0 Å². The normalized spacial score (nSPS) is 25.3. The Bertz CT molecular complexity index is 898. The van der Waals surface area contributed by atoms with E-state index in [2.05, 4.69) is 12.2 Å². The zero-order valence-electron chi connectivity index (χ0n) is 19.1. The van der Waals surface area contributed by atoms with Crippen LogP contribution in [0.3, 0.4) is 0 Å². The number of rotatable bonds is 8. The maximum atomic E-state index is 12.8. The van der Waals surface area contributed by atoms with Gasteiger partial charge in [-0.25, -0.2) is 0 Å². The summed E-state index contributed by atoms with van der Waals surface area (Å²) in [6.45, 7) is 6.26. The first-order valence-electron chi connectivity index (χ1n) is 11.2. The minimum Gasteiger partial charge on any atom is -0.481 e. The Morgan fingerprint density at radius 1 is 1.15 bits per heavy atom. The fraction of sp³-hybridized carbons (Fsp3) is 0.625. The summed E-state index contributed by atoms with van der Waals surface area (Å²) >= 11 is 0. The number of fused-ring (bicyclic) bond motifs is 1. The minimum absolute atomic E-state index is 0.000135. The van der Waals surface area contributed by atoms with Gasteiger partial charge in [0.2, 0.25) is 11.8 Å². The maximum Gasteiger partial charge on any atom is 0.416 e. The monoisotopic (exact) mass is 468 g/mol.